The molecule has 1 fully saturated rings. The molecule has 2 heterocycles. The zero-order valence-electron chi connectivity index (χ0n) is 14.2. The molecule has 0 spiro atoms. The summed E-state index contributed by atoms with van der Waals surface area (Å²) in [6, 6.07) is 10.8. The van der Waals surface area contributed by atoms with Crippen molar-refractivity contribution in [2.75, 3.05) is 5.32 Å². The number of nitrogens with zero attached hydrogens (tertiary/aromatic N) is 4. The van der Waals surface area contributed by atoms with Crippen LogP contribution in [0, 0.1) is 5.92 Å². The maximum absolute atomic E-state index is 12.2. The summed E-state index contributed by atoms with van der Waals surface area (Å²) in [5, 5.41) is 7.11. The van der Waals surface area contributed by atoms with E-state index >= 15 is 0 Å². The van der Waals surface area contributed by atoms with Crippen molar-refractivity contribution < 1.29 is 9.53 Å². The molecule has 1 N–H and O–H groups in total. The minimum absolute atomic E-state index is 0.107. The Balaban J connectivity index is 1.41. The Morgan fingerprint density at radius 3 is 2.69 bits per heavy atom. The lowest BCUT2D eigenvalue weighted by Crippen LogP contribution is -2.20. The van der Waals surface area contributed by atoms with E-state index in [0.29, 0.717) is 17.4 Å². The van der Waals surface area contributed by atoms with Gasteiger partial charge in [-0.3, -0.25) is 4.79 Å². The molecule has 2 aromatic heterocycles. The predicted octanol–water partition coefficient (Wildman–Crippen LogP) is 3.58. The van der Waals surface area contributed by atoms with Crippen molar-refractivity contribution in [2.24, 2.45) is 5.92 Å². The molecule has 1 saturated carbocycles. The van der Waals surface area contributed by atoms with Crippen molar-refractivity contribution in [3.63, 3.8) is 0 Å². The first-order chi connectivity index (χ1) is 12.8. The van der Waals surface area contributed by atoms with E-state index in [2.05, 4.69) is 20.4 Å². The number of carbonyl (C=O) groups excluding carboxylic acids is 1. The largest absolute Gasteiger partial charge is 0.439 e. The zero-order valence-corrected chi connectivity index (χ0v) is 14.2. The fraction of sp³-hybridized carbons (Fsp3) is 0.263. The number of benzene rings is 1. The van der Waals surface area contributed by atoms with Crippen molar-refractivity contribution >= 4 is 11.6 Å². The van der Waals surface area contributed by atoms with Crippen LogP contribution in [0.25, 0.3) is 5.82 Å². The topological polar surface area (TPSA) is 81.9 Å². The lowest BCUT2D eigenvalue weighted by Gasteiger charge is -2.11. The molecule has 26 heavy (non-hydrogen) atoms. The van der Waals surface area contributed by atoms with E-state index in [4.69, 9.17) is 4.74 Å². The van der Waals surface area contributed by atoms with Crippen LogP contribution in [-0.4, -0.2) is 25.7 Å². The highest BCUT2D eigenvalue weighted by molar-refractivity contribution is 5.92. The van der Waals surface area contributed by atoms with Crippen LogP contribution in [0.2, 0.25) is 0 Å². The van der Waals surface area contributed by atoms with E-state index in [0.717, 1.165) is 31.4 Å². The molecule has 0 unspecified atom stereocenters. The van der Waals surface area contributed by atoms with Crippen LogP contribution in [0.4, 0.5) is 5.69 Å². The molecule has 0 bridgehead atoms. The van der Waals surface area contributed by atoms with Crippen molar-refractivity contribution in [1.29, 1.82) is 0 Å². The molecule has 0 saturated heterocycles. The molecule has 3 aromatic rings. The number of rotatable bonds is 5. The van der Waals surface area contributed by atoms with E-state index in [1.54, 1.807) is 35.3 Å². The Labute approximate surface area is 151 Å². The van der Waals surface area contributed by atoms with Gasteiger partial charge in [0, 0.05) is 30.1 Å². The van der Waals surface area contributed by atoms with Crippen LogP contribution in [0.1, 0.15) is 25.7 Å². The lowest BCUT2D eigenvalue weighted by molar-refractivity contribution is -0.119. The van der Waals surface area contributed by atoms with Crippen LogP contribution >= 0.6 is 0 Å². The molecule has 7 heteroatoms. The van der Waals surface area contributed by atoms with Crippen LogP contribution in [0.3, 0.4) is 0 Å². The van der Waals surface area contributed by atoms with Crippen molar-refractivity contribution in [1.82, 2.24) is 19.7 Å². The van der Waals surface area contributed by atoms with Crippen LogP contribution in [0.5, 0.6) is 11.6 Å². The van der Waals surface area contributed by atoms with Gasteiger partial charge in [-0.25, -0.2) is 14.6 Å². The second-order valence-corrected chi connectivity index (χ2v) is 6.26. The highest BCUT2D eigenvalue weighted by atomic mass is 16.5. The summed E-state index contributed by atoms with van der Waals surface area (Å²) in [7, 11) is 0. The van der Waals surface area contributed by atoms with Crippen LogP contribution < -0.4 is 10.1 Å². The lowest BCUT2D eigenvalue weighted by atomic mass is 10.1. The third-order valence-corrected chi connectivity index (χ3v) is 4.44. The van der Waals surface area contributed by atoms with Gasteiger partial charge in [0.1, 0.15) is 12.1 Å². The SMILES string of the molecule is O=C(Nc1ccc(Oc2cc(-n3cccn3)ncn2)cc1)C1CCCC1. The van der Waals surface area contributed by atoms with Crippen molar-refractivity contribution in [3.8, 4) is 17.4 Å². The molecule has 1 aliphatic rings. The molecule has 7 nitrogen and oxygen atoms in total. The van der Waals surface area contributed by atoms with Gasteiger partial charge < -0.3 is 10.1 Å². The number of hydrogen-bond acceptors (Lipinski definition) is 5. The third kappa shape index (κ3) is 3.72. The Bertz CT molecular complexity index is 871. The first kappa shape index (κ1) is 16.3. The number of carbonyl (C=O) groups is 1. The molecule has 4 rings (SSSR count). The van der Waals surface area contributed by atoms with Gasteiger partial charge in [0.05, 0.1) is 0 Å². The highest BCUT2D eigenvalue weighted by Gasteiger charge is 2.22. The number of nitrogens with one attached hydrogen (secondary N) is 1. The molecule has 0 atom stereocenters. The molecule has 1 amide bonds. The molecule has 132 valence electrons. The fourth-order valence-corrected chi connectivity index (χ4v) is 3.07. The minimum atomic E-state index is 0.107. The number of anilines is 1. The minimum Gasteiger partial charge on any atom is -0.439 e. The number of hydrogen-bond donors (Lipinski definition) is 1. The average Bonchev–Trinajstić information content (AvgIpc) is 3.38. The summed E-state index contributed by atoms with van der Waals surface area (Å²) in [6.07, 6.45) is 9.17. The first-order valence-corrected chi connectivity index (χ1v) is 8.69. The van der Waals surface area contributed by atoms with Crippen LogP contribution in [-0.2, 0) is 4.79 Å². The third-order valence-electron chi connectivity index (χ3n) is 4.44. The monoisotopic (exact) mass is 349 g/mol. The van der Waals surface area contributed by atoms with Gasteiger partial charge >= 0.3 is 0 Å². The standard InChI is InChI=1S/C19H19N5O2/c25-19(14-4-1-2-5-14)23-15-6-8-16(9-7-15)26-18-12-17(20-13-21-18)24-11-3-10-22-24/h3,6-14H,1-2,4-5H2,(H,23,25). The van der Waals surface area contributed by atoms with E-state index in [-0.39, 0.29) is 11.8 Å². The van der Waals surface area contributed by atoms with Crippen molar-refractivity contribution in [2.45, 2.75) is 25.7 Å². The van der Waals surface area contributed by atoms with Gasteiger partial charge in [0.25, 0.3) is 0 Å². The summed E-state index contributed by atoms with van der Waals surface area (Å²) in [5.74, 6) is 1.94. The van der Waals surface area contributed by atoms with E-state index in [1.807, 2.05) is 18.2 Å². The quantitative estimate of drug-likeness (QED) is 0.761. The fourth-order valence-electron chi connectivity index (χ4n) is 3.07. The first-order valence-electron chi connectivity index (χ1n) is 8.69. The molecular weight excluding hydrogens is 330 g/mol. The van der Waals surface area contributed by atoms with Gasteiger partial charge in [-0.05, 0) is 43.2 Å². The summed E-state index contributed by atoms with van der Waals surface area (Å²) < 4.78 is 7.41. The van der Waals surface area contributed by atoms with Crippen molar-refractivity contribution in [3.05, 3.63) is 55.1 Å². The molecular formula is C19H19N5O2. The zero-order chi connectivity index (χ0) is 17.8. The van der Waals surface area contributed by atoms with E-state index < -0.39 is 0 Å². The van der Waals surface area contributed by atoms with Gasteiger partial charge in [0.2, 0.25) is 11.8 Å². The second-order valence-electron chi connectivity index (χ2n) is 6.26. The average molecular weight is 349 g/mol. The maximum Gasteiger partial charge on any atom is 0.227 e. The van der Waals surface area contributed by atoms with Gasteiger partial charge in [0.15, 0.2) is 5.82 Å². The Morgan fingerprint density at radius 2 is 1.96 bits per heavy atom. The number of amides is 1. The Hall–Kier alpha value is -3.22. The highest BCUT2D eigenvalue weighted by Crippen LogP contribution is 2.27. The summed E-state index contributed by atoms with van der Waals surface area (Å²) >= 11 is 0. The van der Waals surface area contributed by atoms with Gasteiger partial charge in [-0.2, -0.15) is 5.10 Å². The smallest absolute Gasteiger partial charge is 0.227 e. The number of ether oxygens (including phenoxy) is 1. The summed E-state index contributed by atoms with van der Waals surface area (Å²) in [5.41, 5.74) is 0.772. The molecule has 1 aromatic carbocycles. The normalized spacial score (nSPS) is 14.3. The summed E-state index contributed by atoms with van der Waals surface area (Å²) in [4.78, 5) is 20.5. The van der Waals surface area contributed by atoms with E-state index in [1.165, 1.54) is 6.33 Å². The summed E-state index contributed by atoms with van der Waals surface area (Å²) in [6.45, 7) is 0. The van der Waals surface area contributed by atoms with Gasteiger partial charge in [-0.1, -0.05) is 12.8 Å². The molecule has 0 radical (unpaired) electrons. The van der Waals surface area contributed by atoms with E-state index in [9.17, 15) is 4.79 Å². The number of aromatic nitrogens is 4. The molecule has 0 aliphatic heterocycles. The molecule has 1 aliphatic carbocycles. The van der Waals surface area contributed by atoms with Gasteiger partial charge in [-0.15, -0.1) is 0 Å². The Kier molecular flexibility index (Phi) is 4.59. The Morgan fingerprint density at radius 1 is 1.15 bits per heavy atom. The second kappa shape index (κ2) is 7.35. The predicted molar refractivity (Wildman–Crippen MR) is 96.3 cm³/mol. The van der Waals surface area contributed by atoms with Crippen LogP contribution in [0.15, 0.2) is 55.1 Å². The maximum atomic E-state index is 12.2.